The predicted molar refractivity (Wildman–Crippen MR) is 82.3 cm³/mol. The van der Waals surface area contributed by atoms with Crippen molar-refractivity contribution in [3.63, 3.8) is 0 Å². The van der Waals surface area contributed by atoms with E-state index in [1.165, 1.54) is 0 Å². The summed E-state index contributed by atoms with van der Waals surface area (Å²) in [5.41, 5.74) is 6.38. The molecule has 1 saturated heterocycles. The van der Waals surface area contributed by atoms with Gasteiger partial charge >= 0.3 is 6.09 Å². The fraction of sp³-hybridized carbons (Fsp3) is 0.562. The van der Waals surface area contributed by atoms with Gasteiger partial charge in [-0.15, -0.1) is 0 Å². The van der Waals surface area contributed by atoms with Crippen molar-refractivity contribution in [2.24, 2.45) is 0 Å². The second-order valence-corrected chi connectivity index (χ2v) is 5.48. The minimum absolute atomic E-state index is 0.0266. The summed E-state index contributed by atoms with van der Waals surface area (Å²) in [4.78, 5) is 13.7. The Morgan fingerprint density at radius 2 is 1.95 bits per heavy atom. The molecule has 0 aliphatic carbocycles. The number of likely N-dealkylation sites (tertiary alicyclic amines) is 1. The molecule has 1 fully saturated rings. The van der Waals surface area contributed by atoms with Crippen molar-refractivity contribution < 1.29 is 14.3 Å². The van der Waals surface area contributed by atoms with Crippen LogP contribution in [0.25, 0.3) is 0 Å². The lowest BCUT2D eigenvalue weighted by Gasteiger charge is -2.32. The molecule has 0 aromatic heterocycles. The smallest absolute Gasteiger partial charge is 0.410 e. The van der Waals surface area contributed by atoms with Crippen molar-refractivity contribution >= 4 is 11.8 Å². The Morgan fingerprint density at radius 3 is 2.52 bits per heavy atom. The fourth-order valence-corrected chi connectivity index (χ4v) is 2.23. The van der Waals surface area contributed by atoms with E-state index in [9.17, 15) is 4.79 Å². The van der Waals surface area contributed by atoms with Crippen molar-refractivity contribution in [1.29, 1.82) is 0 Å². The normalized spacial score (nSPS) is 17.3. The molecule has 1 aromatic rings. The highest BCUT2D eigenvalue weighted by Gasteiger charge is 2.25. The van der Waals surface area contributed by atoms with Crippen LogP contribution in [-0.4, -0.2) is 36.3 Å². The number of hydrogen-bond acceptors (Lipinski definition) is 4. The van der Waals surface area contributed by atoms with E-state index in [1.54, 1.807) is 4.90 Å². The zero-order valence-electron chi connectivity index (χ0n) is 12.7. The number of benzene rings is 1. The summed E-state index contributed by atoms with van der Waals surface area (Å²) in [7, 11) is 0. The summed E-state index contributed by atoms with van der Waals surface area (Å²) >= 11 is 0. The second-order valence-electron chi connectivity index (χ2n) is 5.48. The van der Waals surface area contributed by atoms with E-state index >= 15 is 0 Å². The van der Waals surface area contributed by atoms with Crippen LogP contribution in [0.3, 0.4) is 0 Å². The van der Waals surface area contributed by atoms with Gasteiger partial charge in [0.2, 0.25) is 0 Å². The lowest BCUT2D eigenvalue weighted by Crippen LogP contribution is -2.42. The maximum atomic E-state index is 11.9. The maximum Gasteiger partial charge on any atom is 0.410 e. The molecule has 1 atom stereocenters. The molecule has 5 heteroatoms. The van der Waals surface area contributed by atoms with Crippen molar-refractivity contribution in [1.82, 2.24) is 4.90 Å². The molecule has 0 bridgehead atoms. The first kappa shape index (κ1) is 15.5. The molecule has 1 aliphatic rings. The average Bonchev–Trinajstić information content (AvgIpc) is 2.50. The highest BCUT2D eigenvalue weighted by Crippen LogP contribution is 2.20. The largest absolute Gasteiger partial charge is 0.490 e. The number of carbonyl (C=O) groups excluding carboxylic acids is 1. The molecule has 5 nitrogen and oxygen atoms in total. The molecule has 21 heavy (non-hydrogen) atoms. The fourth-order valence-electron chi connectivity index (χ4n) is 2.23. The molecule has 1 heterocycles. The minimum atomic E-state index is -0.213. The lowest BCUT2D eigenvalue weighted by molar-refractivity contribution is 0.0461. The monoisotopic (exact) mass is 292 g/mol. The molecule has 116 valence electrons. The number of anilines is 1. The second kappa shape index (κ2) is 7.20. The van der Waals surface area contributed by atoms with E-state index in [4.69, 9.17) is 15.2 Å². The average molecular weight is 292 g/mol. The number of nitrogens with two attached hydrogens (primary N) is 1. The van der Waals surface area contributed by atoms with Crippen LogP contribution in [0.2, 0.25) is 0 Å². The van der Waals surface area contributed by atoms with E-state index in [0.717, 1.165) is 30.7 Å². The van der Waals surface area contributed by atoms with Crippen LogP contribution in [-0.2, 0) is 4.74 Å². The Kier molecular flexibility index (Phi) is 5.31. The van der Waals surface area contributed by atoms with E-state index in [-0.39, 0.29) is 18.3 Å². The zero-order chi connectivity index (χ0) is 15.2. The molecule has 1 aliphatic heterocycles. The molecule has 1 amide bonds. The van der Waals surface area contributed by atoms with Crippen LogP contribution in [0.4, 0.5) is 10.5 Å². The van der Waals surface area contributed by atoms with Crippen molar-refractivity contribution in [3.05, 3.63) is 24.3 Å². The van der Waals surface area contributed by atoms with Crippen LogP contribution >= 0.6 is 0 Å². The highest BCUT2D eigenvalue weighted by molar-refractivity contribution is 5.67. The van der Waals surface area contributed by atoms with Gasteiger partial charge in [-0.2, -0.15) is 0 Å². The first-order valence-electron chi connectivity index (χ1n) is 7.56. The van der Waals surface area contributed by atoms with Crippen molar-refractivity contribution in [2.45, 2.75) is 45.3 Å². The number of nitrogen functional groups attached to an aromatic ring is 1. The number of piperidine rings is 1. The molecule has 2 N–H and O–H groups in total. The first-order chi connectivity index (χ1) is 10.1. The number of ether oxygens (including phenoxy) is 2. The number of rotatable bonds is 4. The summed E-state index contributed by atoms with van der Waals surface area (Å²) < 4.78 is 11.2. The van der Waals surface area contributed by atoms with E-state index in [0.29, 0.717) is 13.1 Å². The quantitative estimate of drug-likeness (QED) is 0.866. The Bertz CT molecular complexity index is 453. The van der Waals surface area contributed by atoms with Gasteiger partial charge in [-0.05, 0) is 37.6 Å². The van der Waals surface area contributed by atoms with Gasteiger partial charge < -0.3 is 20.1 Å². The van der Waals surface area contributed by atoms with Crippen LogP contribution in [0.5, 0.6) is 5.75 Å². The maximum absolute atomic E-state index is 11.9. The standard InChI is InChI=1S/C16H24N2O3/c1-3-12(2)20-16(19)18-10-8-15(9-11-18)21-14-6-4-13(17)5-7-14/h4-7,12,15H,3,8-11,17H2,1-2H3. The van der Waals surface area contributed by atoms with Crippen LogP contribution in [0.1, 0.15) is 33.1 Å². The Hall–Kier alpha value is -1.91. The number of nitrogens with zero attached hydrogens (tertiary/aromatic N) is 1. The molecular weight excluding hydrogens is 268 g/mol. The van der Waals surface area contributed by atoms with Gasteiger partial charge in [-0.3, -0.25) is 0 Å². The Labute approximate surface area is 126 Å². The highest BCUT2D eigenvalue weighted by atomic mass is 16.6. The Morgan fingerprint density at radius 1 is 1.33 bits per heavy atom. The van der Waals surface area contributed by atoms with E-state index in [1.807, 2.05) is 38.1 Å². The molecule has 0 saturated carbocycles. The molecule has 0 radical (unpaired) electrons. The topological polar surface area (TPSA) is 64.8 Å². The molecule has 1 aromatic carbocycles. The first-order valence-corrected chi connectivity index (χ1v) is 7.56. The summed E-state index contributed by atoms with van der Waals surface area (Å²) in [5, 5.41) is 0. The van der Waals surface area contributed by atoms with Gasteiger partial charge in [-0.25, -0.2) is 4.79 Å². The predicted octanol–water partition coefficient (Wildman–Crippen LogP) is 3.05. The minimum Gasteiger partial charge on any atom is -0.490 e. The van der Waals surface area contributed by atoms with Gasteiger partial charge in [0, 0.05) is 31.6 Å². The van der Waals surface area contributed by atoms with E-state index < -0.39 is 0 Å². The van der Waals surface area contributed by atoms with E-state index in [2.05, 4.69) is 0 Å². The molecular formula is C16H24N2O3. The van der Waals surface area contributed by atoms with Gasteiger partial charge in [0.05, 0.1) is 0 Å². The molecule has 0 spiro atoms. The van der Waals surface area contributed by atoms with Gasteiger partial charge in [0.25, 0.3) is 0 Å². The third-order valence-electron chi connectivity index (χ3n) is 3.76. The zero-order valence-corrected chi connectivity index (χ0v) is 12.7. The van der Waals surface area contributed by atoms with Crippen molar-refractivity contribution in [3.8, 4) is 5.75 Å². The van der Waals surface area contributed by atoms with Crippen molar-refractivity contribution in [2.75, 3.05) is 18.8 Å². The summed E-state index contributed by atoms with van der Waals surface area (Å²) in [6.45, 7) is 5.27. The van der Waals surface area contributed by atoms with Crippen LogP contribution in [0.15, 0.2) is 24.3 Å². The third kappa shape index (κ3) is 4.55. The van der Waals surface area contributed by atoms with Gasteiger partial charge in [0.1, 0.15) is 18.0 Å². The summed E-state index contributed by atoms with van der Waals surface area (Å²) in [6, 6.07) is 7.40. The van der Waals surface area contributed by atoms with Crippen LogP contribution in [0, 0.1) is 0 Å². The lowest BCUT2D eigenvalue weighted by atomic mass is 10.1. The SMILES string of the molecule is CCC(C)OC(=O)N1CCC(Oc2ccc(N)cc2)CC1. The molecule has 2 rings (SSSR count). The third-order valence-corrected chi connectivity index (χ3v) is 3.76. The number of hydrogen-bond donors (Lipinski definition) is 1. The summed E-state index contributed by atoms with van der Waals surface area (Å²) in [5.74, 6) is 0.824. The van der Waals surface area contributed by atoms with Gasteiger partial charge in [-0.1, -0.05) is 6.92 Å². The summed E-state index contributed by atoms with van der Waals surface area (Å²) in [6.07, 6.45) is 2.38. The Balaban J connectivity index is 1.77. The van der Waals surface area contributed by atoms with Crippen LogP contribution < -0.4 is 10.5 Å². The number of carbonyl (C=O) groups is 1. The van der Waals surface area contributed by atoms with Gasteiger partial charge in [0.15, 0.2) is 0 Å². The molecule has 1 unspecified atom stereocenters. The number of amides is 1.